The fourth-order valence-electron chi connectivity index (χ4n) is 2.22. The average molecular weight is 404 g/mol. The van der Waals surface area contributed by atoms with Crippen molar-refractivity contribution < 1.29 is 18.7 Å². The molecule has 0 bridgehead atoms. The number of hydrogen-bond acceptors (Lipinski definition) is 6. The van der Waals surface area contributed by atoms with Crippen molar-refractivity contribution in [2.75, 3.05) is 17.7 Å². The van der Waals surface area contributed by atoms with Gasteiger partial charge >= 0.3 is 5.97 Å². The Morgan fingerprint density at radius 1 is 1.26 bits per heavy atom. The summed E-state index contributed by atoms with van der Waals surface area (Å²) >= 11 is 3.05. The second kappa shape index (κ2) is 8.96. The van der Waals surface area contributed by atoms with Gasteiger partial charge in [-0.15, -0.1) is 11.3 Å². The van der Waals surface area contributed by atoms with Crippen molar-refractivity contribution in [3.63, 3.8) is 0 Å². The molecule has 1 N–H and O–H groups in total. The summed E-state index contributed by atoms with van der Waals surface area (Å²) in [4.78, 5) is 28.0. The molecule has 0 aliphatic rings. The topological polar surface area (TPSA) is 68.3 Å². The van der Waals surface area contributed by atoms with Crippen LogP contribution in [0.1, 0.15) is 12.0 Å². The Bertz CT molecular complexity index is 941. The molecule has 0 aliphatic carbocycles. The molecule has 5 nitrogen and oxygen atoms in total. The summed E-state index contributed by atoms with van der Waals surface area (Å²) in [7, 11) is 0. The number of aryl methyl sites for hydroxylation is 1. The molecule has 0 saturated heterocycles. The number of hydrogen-bond donors (Lipinski definition) is 1. The van der Waals surface area contributed by atoms with Crippen LogP contribution < -0.4 is 5.32 Å². The van der Waals surface area contributed by atoms with E-state index in [0.29, 0.717) is 17.0 Å². The van der Waals surface area contributed by atoms with E-state index in [1.807, 2.05) is 24.3 Å². The molecule has 27 heavy (non-hydrogen) atoms. The first-order valence-corrected chi connectivity index (χ1v) is 10.0. The van der Waals surface area contributed by atoms with Crippen LogP contribution in [0.15, 0.2) is 46.8 Å². The number of carbonyl (C=O) groups is 2. The number of anilines is 1. The second-order valence-corrected chi connectivity index (χ2v) is 8.09. The normalized spacial score (nSPS) is 10.7. The maximum Gasteiger partial charge on any atom is 0.307 e. The van der Waals surface area contributed by atoms with Crippen molar-refractivity contribution in [3.05, 3.63) is 53.8 Å². The van der Waals surface area contributed by atoms with Crippen LogP contribution in [0.5, 0.6) is 0 Å². The summed E-state index contributed by atoms with van der Waals surface area (Å²) in [6.45, 7) is 1.23. The van der Waals surface area contributed by atoms with Crippen LogP contribution in [0.4, 0.5) is 10.1 Å². The van der Waals surface area contributed by atoms with Crippen LogP contribution in [0.3, 0.4) is 0 Å². The highest BCUT2D eigenvalue weighted by Gasteiger charge is 2.10. The first-order chi connectivity index (χ1) is 13.0. The molecular weight excluding hydrogens is 387 g/mol. The van der Waals surface area contributed by atoms with Gasteiger partial charge in [-0.05, 0) is 36.8 Å². The lowest BCUT2D eigenvalue weighted by Gasteiger charge is -2.07. The van der Waals surface area contributed by atoms with E-state index in [1.54, 1.807) is 30.4 Å². The molecule has 0 saturated carbocycles. The number of rotatable bonds is 7. The van der Waals surface area contributed by atoms with Crippen LogP contribution in [0, 0.1) is 12.7 Å². The maximum absolute atomic E-state index is 13.4. The molecule has 0 atom stereocenters. The zero-order valence-corrected chi connectivity index (χ0v) is 16.2. The Balaban J connectivity index is 1.38. The molecule has 3 rings (SSSR count). The van der Waals surface area contributed by atoms with Crippen molar-refractivity contribution in [2.24, 2.45) is 0 Å². The lowest BCUT2D eigenvalue weighted by atomic mass is 10.2. The van der Waals surface area contributed by atoms with E-state index < -0.39 is 24.3 Å². The maximum atomic E-state index is 13.4. The molecule has 1 aromatic heterocycles. The number of halogens is 1. The standard InChI is InChI=1S/C19H17FN2O3S2/c1-12-6-7-13(10-14(12)20)21-17(23)11-25-18(24)8-9-26-19-22-15-4-2-3-5-16(15)27-19/h2-7,10H,8-9,11H2,1H3,(H,21,23). The van der Waals surface area contributed by atoms with Crippen molar-refractivity contribution >= 4 is 50.9 Å². The minimum absolute atomic E-state index is 0.174. The number of nitrogens with one attached hydrogen (secondary N) is 1. The number of amides is 1. The molecule has 8 heteroatoms. The Labute approximate surface area is 163 Å². The fraction of sp³-hybridized carbons (Fsp3) is 0.211. The van der Waals surface area contributed by atoms with Gasteiger partial charge in [0.25, 0.3) is 5.91 Å². The third-order valence-corrected chi connectivity index (χ3v) is 5.81. The smallest absolute Gasteiger partial charge is 0.307 e. The zero-order chi connectivity index (χ0) is 19.2. The highest BCUT2D eigenvalue weighted by Crippen LogP contribution is 2.29. The number of thioether (sulfide) groups is 1. The molecule has 0 aliphatic heterocycles. The summed E-state index contributed by atoms with van der Waals surface area (Å²) in [5.74, 6) is -0.861. The molecule has 140 valence electrons. The number of ether oxygens (including phenoxy) is 1. The lowest BCUT2D eigenvalue weighted by molar-refractivity contribution is -0.146. The van der Waals surface area contributed by atoms with Gasteiger partial charge in [-0.2, -0.15) is 0 Å². The summed E-state index contributed by atoms with van der Waals surface area (Å²) in [5, 5.41) is 2.49. The summed E-state index contributed by atoms with van der Waals surface area (Å²) in [6.07, 6.45) is 0.174. The Morgan fingerprint density at radius 2 is 2.07 bits per heavy atom. The van der Waals surface area contributed by atoms with E-state index in [1.165, 1.54) is 17.8 Å². The molecule has 0 spiro atoms. The number of esters is 1. The molecule has 1 amide bonds. The number of benzene rings is 2. The van der Waals surface area contributed by atoms with Crippen molar-refractivity contribution in [3.8, 4) is 0 Å². The van der Waals surface area contributed by atoms with Gasteiger partial charge in [-0.1, -0.05) is 30.0 Å². The van der Waals surface area contributed by atoms with Crippen molar-refractivity contribution in [1.82, 2.24) is 4.98 Å². The van der Waals surface area contributed by atoms with Crippen molar-refractivity contribution in [2.45, 2.75) is 17.7 Å². The third-order valence-electron chi connectivity index (χ3n) is 3.63. The highest BCUT2D eigenvalue weighted by atomic mass is 32.2. The second-order valence-electron chi connectivity index (χ2n) is 5.72. The van der Waals surface area contributed by atoms with Gasteiger partial charge in [0.05, 0.1) is 16.6 Å². The third kappa shape index (κ3) is 5.51. The Morgan fingerprint density at radius 3 is 2.85 bits per heavy atom. The Kier molecular flexibility index (Phi) is 6.41. The molecule has 2 aromatic carbocycles. The van der Waals surface area contributed by atoms with Gasteiger partial charge in [-0.25, -0.2) is 9.37 Å². The molecular formula is C19H17FN2O3S2. The predicted molar refractivity (Wildman–Crippen MR) is 106 cm³/mol. The summed E-state index contributed by atoms with van der Waals surface area (Å²) in [6, 6.07) is 12.2. The van der Waals surface area contributed by atoms with Crippen LogP contribution >= 0.6 is 23.1 Å². The molecule has 1 heterocycles. The molecule has 0 fully saturated rings. The van der Waals surface area contributed by atoms with Crippen LogP contribution in [-0.4, -0.2) is 29.2 Å². The first-order valence-electron chi connectivity index (χ1n) is 8.21. The number of thiazole rings is 1. The molecule has 0 unspecified atom stereocenters. The minimum Gasteiger partial charge on any atom is -0.456 e. The highest BCUT2D eigenvalue weighted by molar-refractivity contribution is 8.01. The summed E-state index contributed by atoms with van der Waals surface area (Å²) < 4.78 is 20.4. The zero-order valence-electron chi connectivity index (χ0n) is 14.5. The quantitative estimate of drug-likeness (QED) is 0.467. The predicted octanol–water partition coefficient (Wildman–Crippen LogP) is 4.41. The van der Waals surface area contributed by atoms with Crippen LogP contribution in [-0.2, 0) is 14.3 Å². The van der Waals surface area contributed by atoms with Gasteiger partial charge in [-0.3, -0.25) is 9.59 Å². The number of nitrogens with zero attached hydrogens (tertiary/aromatic N) is 1. The number of aromatic nitrogens is 1. The molecule has 0 radical (unpaired) electrons. The van der Waals surface area contributed by atoms with Crippen molar-refractivity contribution in [1.29, 1.82) is 0 Å². The van der Waals surface area contributed by atoms with Gasteiger partial charge in [0.2, 0.25) is 0 Å². The van der Waals surface area contributed by atoms with Crippen LogP contribution in [0.25, 0.3) is 10.2 Å². The van der Waals surface area contributed by atoms with Gasteiger partial charge < -0.3 is 10.1 Å². The van der Waals surface area contributed by atoms with E-state index >= 15 is 0 Å². The van der Waals surface area contributed by atoms with E-state index in [4.69, 9.17) is 4.74 Å². The monoisotopic (exact) mass is 404 g/mol. The van der Waals surface area contributed by atoms with Gasteiger partial charge in [0.1, 0.15) is 5.82 Å². The lowest BCUT2D eigenvalue weighted by Crippen LogP contribution is -2.21. The minimum atomic E-state index is -0.509. The number of para-hydroxylation sites is 1. The van der Waals surface area contributed by atoms with Crippen LogP contribution in [0.2, 0.25) is 0 Å². The summed E-state index contributed by atoms with van der Waals surface area (Å²) in [5.41, 5.74) is 1.76. The Hall–Kier alpha value is -2.45. The number of carbonyl (C=O) groups excluding carboxylic acids is 2. The largest absolute Gasteiger partial charge is 0.456 e. The van der Waals surface area contributed by atoms with E-state index in [2.05, 4.69) is 10.3 Å². The average Bonchev–Trinajstić information content (AvgIpc) is 3.06. The van der Waals surface area contributed by atoms with E-state index in [-0.39, 0.29) is 6.42 Å². The van der Waals surface area contributed by atoms with Gasteiger partial charge in [0, 0.05) is 11.4 Å². The van der Waals surface area contributed by atoms with Gasteiger partial charge in [0.15, 0.2) is 10.9 Å². The first kappa shape index (κ1) is 19.3. The van der Waals surface area contributed by atoms with E-state index in [0.717, 1.165) is 14.6 Å². The SMILES string of the molecule is Cc1ccc(NC(=O)COC(=O)CCSc2nc3ccccc3s2)cc1F. The fourth-order valence-corrected chi connectivity index (χ4v) is 4.28. The molecule has 3 aromatic rings. The number of fused-ring (bicyclic) bond motifs is 1. The van der Waals surface area contributed by atoms with E-state index in [9.17, 15) is 14.0 Å².